The molecule has 2 aromatic carbocycles. The Morgan fingerprint density at radius 3 is 1.83 bits per heavy atom. The third-order valence-corrected chi connectivity index (χ3v) is 9.49. The van der Waals surface area contributed by atoms with Gasteiger partial charge in [-0.2, -0.15) is 26.3 Å². The van der Waals surface area contributed by atoms with Gasteiger partial charge < -0.3 is 0 Å². The molecule has 0 fully saturated rings. The number of hydrogen-bond donors (Lipinski definition) is 0. The van der Waals surface area contributed by atoms with Crippen molar-refractivity contribution < 1.29 is 26.3 Å². The van der Waals surface area contributed by atoms with E-state index in [1.807, 2.05) is 13.8 Å². The molecule has 0 bridgehead atoms. The van der Waals surface area contributed by atoms with Crippen LogP contribution in [0, 0.1) is 6.92 Å². The van der Waals surface area contributed by atoms with E-state index in [0.717, 1.165) is 24.2 Å². The minimum absolute atomic E-state index is 0.161. The lowest BCUT2D eigenvalue weighted by Gasteiger charge is -2.26. The average Bonchev–Trinajstić information content (AvgIpc) is 3.40. The third kappa shape index (κ3) is 3.40. The molecule has 0 saturated heterocycles. The number of unbranched alkanes of at least 4 members (excludes halogenated alkanes) is 1. The molecule has 1 aliphatic rings. The Labute approximate surface area is 213 Å². The third-order valence-electron chi connectivity index (χ3n) is 7.00. The normalized spacial score (nSPS) is 19.5. The number of rotatable bonds is 6. The van der Waals surface area contributed by atoms with Crippen molar-refractivity contribution >= 4 is 54.0 Å². The lowest BCUT2D eigenvalue weighted by molar-refractivity contribution is -0.254. The van der Waals surface area contributed by atoms with Gasteiger partial charge in [-0.15, -0.1) is 22.7 Å². The van der Waals surface area contributed by atoms with Crippen LogP contribution in [0.25, 0.3) is 31.3 Å². The second-order valence-corrected chi connectivity index (χ2v) is 11.7. The number of aryl methyl sites for hydroxylation is 1. The largest absolute Gasteiger partial charge is 0.380 e. The minimum atomic E-state index is -5.58. The highest BCUT2D eigenvalue weighted by Gasteiger charge is 2.80. The minimum Gasteiger partial charge on any atom is -0.194 e. The molecule has 0 amide bonds. The van der Waals surface area contributed by atoms with Crippen molar-refractivity contribution in [1.29, 1.82) is 0 Å². The van der Waals surface area contributed by atoms with E-state index in [9.17, 15) is 0 Å². The van der Waals surface area contributed by atoms with Crippen LogP contribution in [0.15, 0.2) is 48.5 Å². The first kappa shape index (κ1) is 25.3. The van der Waals surface area contributed by atoms with Crippen LogP contribution in [0.4, 0.5) is 26.3 Å². The zero-order valence-corrected chi connectivity index (χ0v) is 21.5. The molecule has 5 rings (SSSR count). The molecule has 1 atom stereocenters. The van der Waals surface area contributed by atoms with E-state index in [2.05, 4.69) is 0 Å². The summed E-state index contributed by atoms with van der Waals surface area (Å²) in [5, 5.41) is 0.583. The number of benzene rings is 2. The Hall–Kier alpha value is -2.32. The smallest absolute Gasteiger partial charge is 0.194 e. The Morgan fingerprint density at radius 2 is 1.25 bits per heavy atom. The van der Waals surface area contributed by atoms with Crippen molar-refractivity contribution in [3.05, 3.63) is 69.4 Å². The van der Waals surface area contributed by atoms with E-state index in [0.29, 0.717) is 31.0 Å². The Bertz CT molecular complexity index is 1490. The van der Waals surface area contributed by atoms with Gasteiger partial charge >= 0.3 is 17.8 Å². The predicted octanol–water partition coefficient (Wildman–Crippen LogP) is 10.5. The van der Waals surface area contributed by atoms with E-state index in [4.69, 9.17) is 0 Å². The van der Waals surface area contributed by atoms with E-state index < -0.39 is 28.9 Å². The topological polar surface area (TPSA) is 0 Å². The summed E-state index contributed by atoms with van der Waals surface area (Å²) in [5.74, 6) is -16.0. The average molecular weight is 539 g/mol. The lowest BCUT2D eigenvalue weighted by atomic mass is 9.88. The van der Waals surface area contributed by atoms with E-state index in [-0.39, 0.29) is 22.4 Å². The Morgan fingerprint density at radius 1 is 0.750 bits per heavy atom. The van der Waals surface area contributed by atoms with Crippen LogP contribution in [0.2, 0.25) is 0 Å². The highest BCUT2D eigenvalue weighted by atomic mass is 32.1. The predicted molar refractivity (Wildman–Crippen MR) is 138 cm³/mol. The first-order valence-electron chi connectivity index (χ1n) is 11.8. The molecular weight excluding hydrogens is 514 g/mol. The maximum atomic E-state index is 15.8. The van der Waals surface area contributed by atoms with Crippen molar-refractivity contribution in [2.45, 2.75) is 63.7 Å². The van der Waals surface area contributed by atoms with Crippen molar-refractivity contribution in [3.63, 3.8) is 0 Å². The van der Waals surface area contributed by atoms with Crippen LogP contribution < -0.4 is 0 Å². The molecule has 8 heteroatoms. The summed E-state index contributed by atoms with van der Waals surface area (Å²) in [6.45, 7) is 5.36. The van der Waals surface area contributed by atoms with Crippen LogP contribution in [-0.2, 0) is 0 Å². The number of thiophene rings is 2. The summed E-state index contributed by atoms with van der Waals surface area (Å²) in [4.78, 5) is 0.750. The first-order chi connectivity index (χ1) is 16.9. The van der Waals surface area contributed by atoms with Gasteiger partial charge in [0.1, 0.15) is 0 Å². The SMILES string of the molecule is CCCC[C@H](C)c1sc2ccccc2c1C1=C(c2c(C)sc3ccccc23)C(F)(F)C(F)(F)C1(F)F. The molecule has 0 spiro atoms. The molecule has 0 saturated carbocycles. The summed E-state index contributed by atoms with van der Waals surface area (Å²) in [7, 11) is 0. The van der Waals surface area contributed by atoms with Crippen LogP contribution in [0.1, 0.15) is 59.9 Å². The fourth-order valence-corrected chi connectivity index (χ4v) is 7.55. The zero-order valence-electron chi connectivity index (χ0n) is 19.9. The highest BCUT2D eigenvalue weighted by molar-refractivity contribution is 7.19. The second kappa shape index (κ2) is 8.62. The Kier molecular flexibility index (Phi) is 6.07. The zero-order chi connectivity index (χ0) is 26.0. The van der Waals surface area contributed by atoms with Crippen molar-refractivity contribution in [3.8, 4) is 0 Å². The molecule has 36 heavy (non-hydrogen) atoms. The van der Waals surface area contributed by atoms with Crippen molar-refractivity contribution in [2.75, 3.05) is 0 Å². The molecule has 0 unspecified atom stereocenters. The van der Waals surface area contributed by atoms with Gasteiger partial charge in [0.05, 0.1) is 0 Å². The maximum Gasteiger partial charge on any atom is 0.380 e. The van der Waals surface area contributed by atoms with Gasteiger partial charge in [-0.3, -0.25) is 0 Å². The van der Waals surface area contributed by atoms with E-state index >= 15 is 26.3 Å². The van der Waals surface area contributed by atoms with Crippen molar-refractivity contribution in [1.82, 2.24) is 0 Å². The number of allylic oxidation sites excluding steroid dienone is 2. The molecule has 2 heterocycles. The molecule has 1 aliphatic carbocycles. The quantitative estimate of drug-likeness (QED) is 0.214. The molecule has 2 aromatic heterocycles. The molecule has 190 valence electrons. The molecule has 0 nitrogen and oxygen atoms in total. The van der Waals surface area contributed by atoms with Gasteiger partial charge in [0.25, 0.3) is 0 Å². The summed E-state index contributed by atoms with van der Waals surface area (Å²) >= 11 is 2.36. The van der Waals surface area contributed by atoms with Gasteiger partial charge in [0.15, 0.2) is 0 Å². The number of fused-ring (bicyclic) bond motifs is 2. The van der Waals surface area contributed by atoms with Crippen LogP contribution in [0.5, 0.6) is 0 Å². The maximum absolute atomic E-state index is 15.8. The second-order valence-electron chi connectivity index (χ2n) is 9.38. The van der Waals surface area contributed by atoms with Gasteiger partial charge in [-0.05, 0) is 31.4 Å². The summed E-state index contributed by atoms with van der Waals surface area (Å²) in [6.07, 6.45) is 2.31. The molecule has 0 aliphatic heterocycles. The molecule has 0 N–H and O–H groups in total. The highest BCUT2D eigenvalue weighted by Crippen LogP contribution is 2.67. The van der Waals surface area contributed by atoms with Gasteiger partial charge in [-0.25, -0.2) is 0 Å². The van der Waals surface area contributed by atoms with Crippen LogP contribution >= 0.6 is 22.7 Å². The van der Waals surface area contributed by atoms with Crippen molar-refractivity contribution in [2.24, 2.45) is 0 Å². The van der Waals surface area contributed by atoms with E-state index in [1.54, 1.807) is 42.5 Å². The fourth-order valence-electron chi connectivity index (χ4n) is 5.18. The summed E-state index contributed by atoms with van der Waals surface area (Å²) < 4.78 is 94.3. The lowest BCUT2D eigenvalue weighted by Crippen LogP contribution is -2.49. The summed E-state index contributed by atoms with van der Waals surface area (Å²) in [5.41, 5.74) is -2.86. The molecule has 0 radical (unpaired) electrons. The van der Waals surface area contributed by atoms with Gasteiger partial charge in [-0.1, -0.05) is 63.1 Å². The fraction of sp³-hybridized carbons (Fsp3) is 0.357. The monoisotopic (exact) mass is 538 g/mol. The number of hydrogen-bond acceptors (Lipinski definition) is 2. The Balaban J connectivity index is 1.95. The van der Waals surface area contributed by atoms with Gasteiger partial charge in [0, 0.05) is 52.2 Å². The van der Waals surface area contributed by atoms with E-state index in [1.165, 1.54) is 24.3 Å². The summed E-state index contributed by atoms with van der Waals surface area (Å²) in [6, 6.07) is 13.1. The number of halogens is 6. The molecule has 4 aromatic rings. The molecular formula is C28H24F6S2. The number of alkyl halides is 6. The standard InChI is InChI=1S/C28H24F6S2/c1-4-5-10-15(2)25-22(18-12-7-9-14-20(18)36-25)24-23(26(29,30)28(33,34)27(24,31)32)21-16(3)35-19-13-8-6-11-17(19)21/h6-9,11-15H,4-5,10H2,1-3H3/t15-/m0/s1. The van der Waals surface area contributed by atoms with Crippen LogP contribution in [-0.4, -0.2) is 17.8 Å². The van der Waals surface area contributed by atoms with Gasteiger partial charge in [0.2, 0.25) is 0 Å². The first-order valence-corrected chi connectivity index (χ1v) is 13.5. The van der Waals surface area contributed by atoms with Crippen LogP contribution in [0.3, 0.4) is 0 Å².